The first-order valence-corrected chi connectivity index (χ1v) is 8.39. The van der Waals surface area contributed by atoms with E-state index in [0.29, 0.717) is 16.6 Å². The number of Topliss-reactive ketones (excluding diaryl/α,β-unsaturated/α-hetero) is 1. The first-order valence-electron chi connectivity index (χ1n) is 7.60. The van der Waals surface area contributed by atoms with E-state index < -0.39 is 17.6 Å². The normalized spacial score (nSPS) is 18.9. The van der Waals surface area contributed by atoms with E-state index in [2.05, 4.69) is 15.9 Å². The van der Waals surface area contributed by atoms with Crippen LogP contribution in [0.3, 0.4) is 0 Å². The Bertz CT molecular complexity index is 612. The fourth-order valence-corrected chi connectivity index (χ4v) is 2.86. The molecule has 1 amide bonds. The molecule has 1 atom stereocenters. The third kappa shape index (κ3) is 5.03. The Labute approximate surface area is 144 Å². The summed E-state index contributed by atoms with van der Waals surface area (Å²) in [5.41, 5.74) is -0.0937. The molecular weight excluding hydrogens is 365 g/mol. The van der Waals surface area contributed by atoms with Crippen molar-refractivity contribution in [2.75, 3.05) is 13.1 Å². The molecule has 126 valence electrons. The molecule has 2 rings (SSSR count). The molecule has 4 nitrogen and oxygen atoms in total. The topological polar surface area (TPSA) is 46.6 Å². The zero-order valence-electron chi connectivity index (χ0n) is 13.6. The molecule has 0 N–H and O–H groups in total. The van der Waals surface area contributed by atoms with Crippen LogP contribution in [0.25, 0.3) is 0 Å². The van der Waals surface area contributed by atoms with Crippen molar-refractivity contribution in [3.05, 3.63) is 34.1 Å². The second kappa shape index (κ2) is 6.99. The predicted octanol–water partition coefficient (Wildman–Crippen LogP) is 3.96. The van der Waals surface area contributed by atoms with Gasteiger partial charge in [-0.05, 0) is 44.9 Å². The molecule has 1 aliphatic heterocycles. The average Bonchev–Trinajstić information content (AvgIpc) is 2.42. The third-order valence-electron chi connectivity index (χ3n) is 3.66. The standard InChI is InChI=1S/C17H21BrFNO3/c1-17(2,3)23-16(22)20-7-6-15(21)12(10-20)8-11-4-5-13(18)9-14(11)19/h4-5,9,12H,6-8,10H2,1-3H3. The van der Waals surface area contributed by atoms with Crippen molar-refractivity contribution in [3.63, 3.8) is 0 Å². The highest BCUT2D eigenvalue weighted by atomic mass is 79.9. The van der Waals surface area contributed by atoms with Crippen LogP contribution in [-0.2, 0) is 16.0 Å². The zero-order chi connectivity index (χ0) is 17.2. The Kier molecular flexibility index (Phi) is 5.45. The van der Waals surface area contributed by atoms with Crippen molar-refractivity contribution < 1.29 is 18.7 Å². The lowest BCUT2D eigenvalue weighted by atomic mass is 9.90. The van der Waals surface area contributed by atoms with Gasteiger partial charge in [-0.1, -0.05) is 22.0 Å². The maximum atomic E-state index is 14.0. The Morgan fingerprint density at radius 2 is 2.13 bits per heavy atom. The second-order valence-corrected chi connectivity index (χ2v) is 7.70. The molecule has 6 heteroatoms. The molecule has 23 heavy (non-hydrogen) atoms. The van der Waals surface area contributed by atoms with E-state index in [0.717, 1.165) is 0 Å². The number of ether oxygens (including phenoxy) is 1. The molecule has 0 radical (unpaired) electrons. The number of hydrogen-bond donors (Lipinski definition) is 0. The van der Waals surface area contributed by atoms with E-state index in [9.17, 15) is 14.0 Å². The quantitative estimate of drug-likeness (QED) is 0.773. The molecule has 1 aliphatic rings. The molecule has 0 aliphatic carbocycles. The molecule has 1 aromatic rings. The summed E-state index contributed by atoms with van der Waals surface area (Å²) in [5.74, 6) is -0.680. The fraction of sp³-hybridized carbons (Fsp3) is 0.529. The third-order valence-corrected chi connectivity index (χ3v) is 4.15. The minimum absolute atomic E-state index is 0.0622. The number of rotatable bonds is 2. The number of carbonyl (C=O) groups is 2. The second-order valence-electron chi connectivity index (χ2n) is 6.78. The highest BCUT2D eigenvalue weighted by Crippen LogP contribution is 2.23. The molecule has 0 aromatic heterocycles. The van der Waals surface area contributed by atoms with Gasteiger partial charge in [-0.15, -0.1) is 0 Å². The number of benzene rings is 1. The Morgan fingerprint density at radius 1 is 1.43 bits per heavy atom. The molecular formula is C17H21BrFNO3. The molecule has 1 fully saturated rings. The summed E-state index contributed by atoms with van der Waals surface area (Å²) in [7, 11) is 0. The fourth-order valence-electron chi connectivity index (χ4n) is 2.53. The van der Waals surface area contributed by atoms with Gasteiger partial charge in [-0.25, -0.2) is 9.18 Å². The van der Waals surface area contributed by atoms with Crippen LogP contribution in [0.1, 0.15) is 32.8 Å². The van der Waals surface area contributed by atoms with Crippen molar-refractivity contribution >= 4 is 27.8 Å². The Balaban J connectivity index is 2.06. The minimum atomic E-state index is -0.578. The number of piperidine rings is 1. The summed E-state index contributed by atoms with van der Waals surface area (Å²) in [5, 5.41) is 0. The largest absolute Gasteiger partial charge is 0.444 e. The van der Waals surface area contributed by atoms with Gasteiger partial charge in [0, 0.05) is 29.9 Å². The lowest BCUT2D eigenvalue weighted by molar-refractivity contribution is -0.125. The van der Waals surface area contributed by atoms with E-state index in [1.165, 1.54) is 11.0 Å². The van der Waals surface area contributed by atoms with E-state index in [1.807, 2.05) is 0 Å². The molecule has 1 aromatic carbocycles. The van der Waals surface area contributed by atoms with Gasteiger partial charge >= 0.3 is 6.09 Å². The first kappa shape index (κ1) is 17.9. The summed E-state index contributed by atoms with van der Waals surface area (Å²) in [6.45, 7) is 6.02. The SMILES string of the molecule is CC(C)(C)OC(=O)N1CCC(=O)C(Cc2ccc(Br)cc2F)C1. The van der Waals surface area contributed by atoms with Gasteiger partial charge in [0.25, 0.3) is 0 Å². The lowest BCUT2D eigenvalue weighted by Gasteiger charge is -2.33. The lowest BCUT2D eigenvalue weighted by Crippen LogP contribution is -2.46. The van der Waals surface area contributed by atoms with Crippen molar-refractivity contribution in [1.29, 1.82) is 0 Å². The monoisotopic (exact) mass is 385 g/mol. The number of ketones is 1. The highest BCUT2D eigenvalue weighted by Gasteiger charge is 2.32. The summed E-state index contributed by atoms with van der Waals surface area (Å²) < 4.78 is 20.0. The van der Waals surface area contributed by atoms with Gasteiger partial charge in [-0.3, -0.25) is 4.79 Å². The van der Waals surface area contributed by atoms with Crippen LogP contribution in [0.15, 0.2) is 22.7 Å². The van der Waals surface area contributed by atoms with Crippen LogP contribution in [0.5, 0.6) is 0 Å². The predicted molar refractivity (Wildman–Crippen MR) is 88.7 cm³/mol. The number of carbonyl (C=O) groups excluding carboxylic acids is 2. The first-order chi connectivity index (χ1) is 10.7. The molecule has 0 bridgehead atoms. The van der Waals surface area contributed by atoms with Crippen molar-refractivity contribution in [2.45, 2.75) is 39.2 Å². The molecule has 0 saturated carbocycles. The van der Waals surface area contributed by atoms with Crippen molar-refractivity contribution in [1.82, 2.24) is 4.90 Å². The van der Waals surface area contributed by atoms with E-state index in [4.69, 9.17) is 4.74 Å². The molecule has 0 spiro atoms. The van der Waals surface area contributed by atoms with Crippen molar-refractivity contribution in [2.24, 2.45) is 5.92 Å². The maximum Gasteiger partial charge on any atom is 0.410 e. The van der Waals surface area contributed by atoms with E-state index >= 15 is 0 Å². The summed E-state index contributed by atoms with van der Waals surface area (Å²) in [4.78, 5) is 25.8. The highest BCUT2D eigenvalue weighted by molar-refractivity contribution is 9.10. The smallest absolute Gasteiger partial charge is 0.410 e. The average molecular weight is 386 g/mol. The van der Waals surface area contributed by atoms with Gasteiger partial charge in [0.05, 0.1) is 0 Å². The summed E-state index contributed by atoms with van der Waals surface area (Å²) >= 11 is 3.21. The maximum absolute atomic E-state index is 14.0. The van der Waals surface area contributed by atoms with Crippen LogP contribution in [0, 0.1) is 11.7 Å². The number of nitrogens with zero attached hydrogens (tertiary/aromatic N) is 1. The van der Waals surface area contributed by atoms with Crippen LogP contribution in [0.2, 0.25) is 0 Å². The van der Waals surface area contributed by atoms with Gasteiger partial charge in [0.2, 0.25) is 0 Å². The van der Waals surface area contributed by atoms with Gasteiger partial charge in [0.1, 0.15) is 17.2 Å². The summed E-state index contributed by atoms with van der Waals surface area (Å²) in [6.07, 6.45) is 0.144. The Hall–Kier alpha value is -1.43. The molecule has 1 saturated heterocycles. The van der Waals surface area contributed by atoms with Crippen LogP contribution >= 0.6 is 15.9 Å². The van der Waals surface area contributed by atoms with Gasteiger partial charge in [0.15, 0.2) is 0 Å². The number of amides is 1. The minimum Gasteiger partial charge on any atom is -0.444 e. The number of likely N-dealkylation sites (tertiary alicyclic amines) is 1. The van der Waals surface area contributed by atoms with E-state index in [1.54, 1.807) is 32.9 Å². The van der Waals surface area contributed by atoms with Crippen molar-refractivity contribution in [3.8, 4) is 0 Å². The number of halogens is 2. The van der Waals surface area contributed by atoms with E-state index in [-0.39, 0.29) is 31.0 Å². The molecule has 1 unspecified atom stereocenters. The van der Waals surface area contributed by atoms with Crippen LogP contribution < -0.4 is 0 Å². The summed E-state index contributed by atoms with van der Waals surface area (Å²) in [6, 6.07) is 4.80. The molecule has 1 heterocycles. The Morgan fingerprint density at radius 3 is 2.74 bits per heavy atom. The van der Waals surface area contributed by atoms with Gasteiger partial charge < -0.3 is 9.64 Å². The van der Waals surface area contributed by atoms with Crippen LogP contribution in [0.4, 0.5) is 9.18 Å². The number of hydrogen-bond acceptors (Lipinski definition) is 3. The van der Waals surface area contributed by atoms with Gasteiger partial charge in [-0.2, -0.15) is 0 Å². The van der Waals surface area contributed by atoms with Crippen LogP contribution in [-0.4, -0.2) is 35.5 Å². The zero-order valence-corrected chi connectivity index (χ0v) is 15.2.